The molecule has 8 nitrogen and oxygen atoms in total. The topological polar surface area (TPSA) is 80.7 Å². The third-order valence-corrected chi connectivity index (χ3v) is 8.62. The largest absolute Gasteiger partial charge is 0.497 e. The van der Waals surface area contributed by atoms with E-state index in [-0.39, 0.29) is 12.1 Å². The first-order chi connectivity index (χ1) is 21.9. The van der Waals surface area contributed by atoms with Gasteiger partial charge in [0.25, 0.3) is 0 Å². The van der Waals surface area contributed by atoms with Crippen LogP contribution in [0.5, 0.6) is 17.2 Å². The van der Waals surface area contributed by atoms with Crippen molar-refractivity contribution in [2.45, 2.75) is 53.2 Å². The average Bonchev–Trinajstić information content (AvgIpc) is 3.05. The quantitative estimate of drug-likeness (QED) is 0.128. The molecule has 10 heteroatoms. The van der Waals surface area contributed by atoms with E-state index in [0.29, 0.717) is 36.1 Å². The van der Waals surface area contributed by atoms with Crippen LogP contribution in [0.1, 0.15) is 52.7 Å². The van der Waals surface area contributed by atoms with Crippen LogP contribution in [0.2, 0.25) is 0 Å². The number of piperazine rings is 1. The van der Waals surface area contributed by atoms with E-state index in [0.717, 1.165) is 40.2 Å². The number of nitrogens with zero attached hydrogens (tertiary/aromatic N) is 2. The Morgan fingerprint density at radius 1 is 0.870 bits per heavy atom. The van der Waals surface area contributed by atoms with Crippen molar-refractivity contribution in [2.75, 3.05) is 46.2 Å². The molecule has 0 spiro atoms. The molecule has 1 fully saturated rings. The van der Waals surface area contributed by atoms with Crippen molar-refractivity contribution in [1.29, 1.82) is 0 Å². The number of carbonyl (C=O) groups is 1. The van der Waals surface area contributed by atoms with Gasteiger partial charge in [0.2, 0.25) is 4.91 Å². The minimum absolute atomic E-state index is 0.178. The summed E-state index contributed by atoms with van der Waals surface area (Å²) < 4.78 is 35.3. The predicted molar refractivity (Wildman–Crippen MR) is 193 cm³/mol. The lowest BCUT2D eigenvalue weighted by molar-refractivity contribution is 0.00882. The summed E-state index contributed by atoms with van der Waals surface area (Å²) in [6.45, 7) is 15.1. The fourth-order valence-electron chi connectivity index (χ4n) is 4.73. The van der Waals surface area contributed by atoms with E-state index in [1.54, 1.807) is 18.3 Å². The van der Waals surface area contributed by atoms with E-state index in [1.807, 2.05) is 107 Å². The van der Waals surface area contributed by atoms with Gasteiger partial charge in [0.1, 0.15) is 35.7 Å². The lowest BCUT2D eigenvalue weighted by atomic mass is 10.1. The highest BCUT2D eigenvalue weighted by Gasteiger charge is 2.29. The Hall–Kier alpha value is -3.18. The van der Waals surface area contributed by atoms with Crippen LogP contribution >= 0.6 is 15.9 Å². The molecule has 1 heterocycles. The second-order valence-electron chi connectivity index (χ2n) is 11.6. The molecular formula is C36H48BrN2O6S+. The molecule has 1 aliphatic rings. The number of hydrogen-bond acceptors (Lipinski definition) is 7. The number of amides is 1. The first kappa shape index (κ1) is 37.3. The van der Waals surface area contributed by atoms with E-state index in [9.17, 15) is 9.35 Å². The summed E-state index contributed by atoms with van der Waals surface area (Å²) in [5, 5.41) is 0. The summed E-state index contributed by atoms with van der Waals surface area (Å²) in [5.74, 6) is 2.65. The Labute approximate surface area is 286 Å². The summed E-state index contributed by atoms with van der Waals surface area (Å²) in [5.41, 5.74) is 1.19. The van der Waals surface area contributed by atoms with Crippen LogP contribution in [0.25, 0.3) is 10.7 Å². The second kappa shape index (κ2) is 17.7. The molecule has 0 saturated carbocycles. The van der Waals surface area contributed by atoms with E-state index in [2.05, 4.69) is 27.8 Å². The monoisotopic (exact) mass is 715 g/mol. The highest BCUT2D eigenvalue weighted by molar-refractivity contribution is 9.10. The molecule has 0 bridgehead atoms. The van der Waals surface area contributed by atoms with Gasteiger partial charge in [-0.15, -0.1) is 0 Å². The first-order valence-electron chi connectivity index (χ1n) is 15.6. The molecule has 2 unspecified atom stereocenters. The van der Waals surface area contributed by atoms with Gasteiger partial charge in [0.15, 0.2) is 16.9 Å². The standard InChI is InChI=1S/C34H42BrN2O6S.C2H6/c1-24(36-19-21-37(22-20-36)33(38)43-34(2,3)4)23-41-29-15-17-30(18-16-29)42-31(25-9-13-28(40-5)14-10-25)32(44(6)39)26-7-11-27(35)12-8-26;1-2/h7-18,24,39H,19-23H2,1-6H3;1-2H3/q+1;/b32-31+;. The lowest BCUT2D eigenvalue weighted by Crippen LogP contribution is -2.53. The van der Waals surface area contributed by atoms with Crippen molar-refractivity contribution in [3.8, 4) is 17.2 Å². The average molecular weight is 717 g/mol. The van der Waals surface area contributed by atoms with Gasteiger partial charge in [-0.3, -0.25) is 4.90 Å². The summed E-state index contributed by atoms with van der Waals surface area (Å²) in [4.78, 5) is 17.2. The van der Waals surface area contributed by atoms with Gasteiger partial charge in [-0.1, -0.05) is 29.8 Å². The molecule has 3 aromatic carbocycles. The number of methoxy groups -OCH3 is 1. The number of rotatable bonds is 10. The molecular weight excluding hydrogens is 668 g/mol. The maximum absolute atomic E-state index is 12.4. The predicted octanol–water partition coefficient (Wildman–Crippen LogP) is 8.43. The smallest absolute Gasteiger partial charge is 0.410 e. The Kier molecular flexibility index (Phi) is 14.3. The molecule has 1 saturated heterocycles. The van der Waals surface area contributed by atoms with Crippen LogP contribution in [0.3, 0.4) is 0 Å². The first-order valence-corrected chi connectivity index (χ1v) is 17.9. The molecule has 3 aromatic rings. The fraction of sp³-hybridized carbons (Fsp3) is 0.417. The summed E-state index contributed by atoms with van der Waals surface area (Å²) in [7, 11) is 1.63. The molecule has 4 rings (SSSR count). The van der Waals surface area contributed by atoms with Crippen LogP contribution in [0.4, 0.5) is 4.79 Å². The van der Waals surface area contributed by atoms with Crippen LogP contribution in [-0.2, 0) is 15.9 Å². The van der Waals surface area contributed by atoms with Crippen molar-refractivity contribution in [1.82, 2.24) is 9.80 Å². The molecule has 1 aliphatic heterocycles. The van der Waals surface area contributed by atoms with Crippen molar-refractivity contribution < 1.29 is 28.3 Å². The highest BCUT2D eigenvalue weighted by atomic mass is 79.9. The van der Waals surface area contributed by atoms with Crippen LogP contribution < -0.4 is 14.2 Å². The Bertz CT molecular complexity index is 1400. The molecule has 2 atom stereocenters. The third kappa shape index (κ3) is 11.0. The zero-order chi connectivity index (χ0) is 33.9. The summed E-state index contributed by atoms with van der Waals surface area (Å²) in [6.07, 6.45) is 1.51. The number of hydrogen-bond donors (Lipinski definition) is 1. The molecule has 0 radical (unpaired) electrons. The molecule has 250 valence electrons. The van der Waals surface area contributed by atoms with Gasteiger partial charge < -0.3 is 23.8 Å². The Morgan fingerprint density at radius 3 is 1.91 bits per heavy atom. The minimum Gasteiger partial charge on any atom is -0.497 e. The number of ether oxygens (including phenoxy) is 4. The summed E-state index contributed by atoms with van der Waals surface area (Å²) in [6, 6.07) is 23.1. The zero-order valence-electron chi connectivity index (χ0n) is 28.2. The van der Waals surface area contributed by atoms with Crippen LogP contribution in [0.15, 0.2) is 77.3 Å². The fourth-order valence-corrected chi connectivity index (χ4v) is 5.90. The lowest BCUT2D eigenvalue weighted by Gasteiger charge is -2.38. The minimum atomic E-state index is -1.10. The highest BCUT2D eigenvalue weighted by Crippen LogP contribution is 2.34. The Morgan fingerprint density at radius 2 is 1.39 bits per heavy atom. The maximum atomic E-state index is 12.4. The van der Waals surface area contributed by atoms with Crippen molar-refractivity contribution in [3.05, 3.63) is 88.4 Å². The van der Waals surface area contributed by atoms with Crippen molar-refractivity contribution in [3.63, 3.8) is 0 Å². The second-order valence-corrected chi connectivity index (χ2v) is 13.9. The summed E-state index contributed by atoms with van der Waals surface area (Å²) >= 11 is 2.40. The zero-order valence-corrected chi connectivity index (χ0v) is 30.6. The normalized spacial score (nSPS) is 15.5. The van der Waals surface area contributed by atoms with Gasteiger partial charge in [0.05, 0.1) is 7.11 Å². The van der Waals surface area contributed by atoms with Gasteiger partial charge in [-0.25, -0.2) is 4.79 Å². The van der Waals surface area contributed by atoms with Gasteiger partial charge in [0, 0.05) is 47.8 Å². The Balaban J connectivity index is 0.00000282. The molecule has 1 N–H and O–H groups in total. The SMILES string of the molecule is CC.COc1ccc(/C(Oc2ccc(OCC(C)N3CCN(C(=O)OC(C)(C)C)CC3)cc2)=C(/c2ccc(Br)cc2)[S+](C)O)cc1. The number of benzene rings is 3. The molecule has 1 amide bonds. The van der Waals surface area contributed by atoms with E-state index < -0.39 is 16.8 Å². The van der Waals surface area contributed by atoms with Gasteiger partial charge >= 0.3 is 6.09 Å². The van der Waals surface area contributed by atoms with Crippen molar-refractivity contribution >= 4 is 43.9 Å². The van der Waals surface area contributed by atoms with Gasteiger partial charge in [-0.05, 0) is 100 Å². The van der Waals surface area contributed by atoms with E-state index in [1.165, 1.54) is 0 Å². The van der Waals surface area contributed by atoms with Crippen molar-refractivity contribution in [2.24, 2.45) is 0 Å². The van der Waals surface area contributed by atoms with Crippen LogP contribution in [-0.4, -0.2) is 78.2 Å². The third-order valence-electron chi connectivity index (χ3n) is 7.08. The molecule has 0 aromatic heterocycles. The molecule has 46 heavy (non-hydrogen) atoms. The maximum Gasteiger partial charge on any atom is 0.410 e. The van der Waals surface area contributed by atoms with E-state index >= 15 is 0 Å². The van der Waals surface area contributed by atoms with E-state index in [4.69, 9.17) is 18.9 Å². The number of halogens is 1. The van der Waals surface area contributed by atoms with Crippen LogP contribution in [0, 0.1) is 0 Å². The molecule has 0 aliphatic carbocycles. The number of carbonyl (C=O) groups excluding carboxylic acids is 1. The van der Waals surface area contributed by atoms with Gasteiger partial charge in [-0.2, -0.15) is 4.55 Å².